The monoisotopic (exact) mass is 499 g/mol. The van der Waals surface area contributed by atoms with Crippen LogP contribution in [0.3, 0.4) is 0 Å². The van der Waals surface area contributed by atoms with Gasteiger partial charge in [0.1, 0.15) is 11.5 Å². The molecule has 186 valence electrons. The number of amides is 1. The van der Waals surface area contributed by atoms with Crippen molar-refractivity contribution in [2.75, 3.05) is 35.7 Å². The summed E-state index contributed by atoms with van der Waals surface area (Å²) < 4.78 is 30.4. The summed E-state index contributed by atoms with van der Waals surface area (Å²) in [5.41, 5.74) is 7.08. The quantitative estimate of drug-likeness (QED) is 0.578. The minimum absolute atomic E-state index is 0.00833. The number of rotatable bonds is 7. The number of fused-ring (bicyclic) bond motifs is 1. The smallest absolute Gasteiger partial charge is 0.404 e. The standard InChI is InChI=1S/C23H29N7O4S/c1-23(2,13-34-21(24)31)29-20-18-17(7-10-35(18,32)33)27-22(28-20)30-8-5-15(6-9-30)19-25-11-16(12-26-19)14-3-4-14/h5,11-12,14H,3-4,6-10,13H2,1-2H3,(H2,24,31)(H,27,28,29). The fourth-order valence-electron chi connectivity index (χ4n) is 4.33. The van der Waals surface area contributed by atoms with Gasteiger partial charge < -0.3 is 20.7 Å². The molecule has 3 aliphatic rings. The SMILES string of the molecule is CC(C)(COC(N)=O)Nc1nc(N2CC=C(c3ncc(C4CC4)cn3)CC2)nc2c1S(=O)(=O)CC2. The maximum absolute atomic E-state index is 12.7. The lowest BCUT2D eigenvalue weighted by molar-refractivity contribution is 0.138. The molecule has 2 aromatic rings. The van der Waals surface area contributed by atoms with Crippen LogP contribution in [0.4, 0.5) is 16.6 Å². The summed E-state index contributed by atoms with van der Waals surface area (Å²) in [6.07, 6.45) is 8.52. The molecule has 0 saturated heterocycles. The van der Waals surface area contributed by atoms with Crippen LogP contribution in [0.25, 0.3) is 5.57 Å². The number of hydrogen-bond acceptors (Lipinski definition) is 10. The van der Waals surface area contributed by atoms with E-state index in [1.807, 2.05) is 17.3 Å². The predicted octanol–water partition coefficient (Wildman–Crippen LogP) is 2.05. The topological polar surface area (TPSA) is 153 Å². The van der Waals surface area contributed by atoms with E-state index in [2.05, 4.69) is 31.3 Å². The summed E-state index contributed by atoms with van der Waals surface area (Å²) >= 11 is 0. The average molecular weight is 500 g/mol. The molecule has 0 radical (unpaired) electrons. The van der Waals surface area contributed by atoms with Crippen LogP contribution in [-0.4, -0.2) is 65.4 Å². The van der Waals surface area contributed by atoms with Crippen LogP contribution >= 0.6 is 0 Å². The second-order valence-corrected chi connectivity index (χ2v) is 11.9. The summed E-state index contributed by atoms with van der Waals surface area (Å²) in [6, 6.07) is 0. The number of sulfone groups is 1. The zero-order chi connectivity index (χ0) is 24.8. The Morgan fingerprint density at radius 1 is 1.23 bits per heavy atom. The maximum atomic E-state index is 12.7. The third kappa shape index (κ3) is 5.07. The van der Waals surface area contributed by atoms with Gasteiger partial charge in [-0.25, -0.2) is 28.2 Å². The Labute approximate surface area is 204 Å². The molecule has 0 bridgehead atoms. The van der Waals surface area contributed by atoms with Gasteiger partial charge in [-0.15, -0.1) is 0 Å². The molecular weight excluding hydrogens is 470 g/mol. The van der Waals surface area contributed by atoms with E-state index in [1.54, 1.807) is 13.8 Å². The lowest BCUT2D eigenvalue weighted by Gasteiger charge is -2.29. The Kier molecular flexibility index (Phi) is 5.86. The van der Waals surface area contributed by atoms with E-state index in [9.17, 15) is 13.2 Å². The van der Waals surface area contributed by atoms with Gasteiger partial charge in [0, 0.05) is 31.9 Å². The second-order valence-electron chi connectivity index (χ2n) is 9.87. The van der Waals surface area contributed by atoms with Crippen molar-refractivity contribution in [1.29, 1.82) is 0 Å². The molecule has 2 aromatic heterocycles. The molecule has 12 heteroatoms. The number of aromatic nitrogens is 4. The molecular formula is C23H29N7O4S. The minimum atomic E-state index is -3.50. The number of primary amides is 1. The van der Waals surface area contributed by atoms with Crippen LogP contribution in [0.15, 0.2) is 23.4 Å². The Bertz CT molecular complexity index is 1290. The van der Waals surface area contributed by atoms with E-state index in [4.69, 9.17) is 10.5 Å². The van der Waals surface area contributed by atoms with Crippen molar-refractivity contribution in [3.63, 3.8) is 0 Å². The third-order valence-electron chi connectivity index (χ3n) is 6.37. The van der Waals surface area contributed by atoms with Gasteiger partial charge in [0.2, 0.25) is 5.95 Å². The van der Waals surface area contributed by atoms with Gasteiger partial charge in [0.05, 0.1) is 17.0 Å². The molecule has 35 heavy (non-hydrogen) atoms. The molecule has 11 nitrogen and oxygen atoms in total. The highest BCUT2D eigenvalue weighted by atomic mass is 32.2. The Hall–Kier alpha value is -3.28. The zero-order valence-electron chi connectivity index (χ0n) is 19.8. The van der Waals surface area contributed by atoms with Crippen molar-refractivity contribution in [3.8, 4) is 0 Å². The fourth-order valence-corrected chi connectivity index (χ4v) is 5.90. The molecule has 0 aromatic carbocycles. The highest BCUT2D eigenvalue weighted by Crippen LogP contribution is 2.39. The van der Waals surface area contributed by atoms with Gasteiger partial charge in [0.15, 0.2) is 21.5 Å². The van der Waals surface area contributed by atoms with E-state index >= 15 is 0 Å². The van der Waals surface area contributed by atoms with Gasteiger partial charge >= 0.3 is 6.09 Å². The largest absolute Gasteiger partial charge is 0.447 e. The summed E-state index contributed by atoms with van der Waals surface area (Å²) in [6.45, 7) is 4.71. The first-order chi connectivity index (χ1) is 16.6. The number of nitrogens with zero attached hydrogens (tertiary/aromatic N) is 5. The van der Waals surface area contributed by atoms with Crippen LogP contribution in [0.2, 0.25) is 0 Å². The van der Waals surface area contributed by atoms with Crippen LogP contribution < -0.4 is 16.0 Å². The van der Waals surface area contributed by atoms with Crippen LogP contribution in [0.1, 0.15) is 56.1 Å². The number of aryl methyl sites for hydroxylation is 1. The molecule has 1 amide bonds. The third-order valence-corrected chi connectivity index (χ3v) is 8.17. The van der Waals surface area contributed by atoms with E-state index < -0.39 is 21.5 Å². The molecule has 4 heterocycles. The Morgan fingerprint density at radius 2 is 1.97 bits per heavy atom. The van der Waals surface area contributed by atoms with Crippen molar-refractivity contribution >= 4 is 33.3 Å². The van der Waals surface area contributed by atoms with Crippen LogP contribution in [0.5, 0.6) is 0 Å². The van der Waals surface area contributed by atoms with Crippen molar-refractivity contribution in [3.05, 3.63) is 35.6 Å². The molecule has 5 rings (SSSR count). The highest BCUT2D eigenvalue weighted by Gasteiger charge is 2.35. The number of ether oxygens (including phenoxy) is 1. The van der Waals surface area contributed by atoms with Gasteiger partial charge in [-0.2, -0.15) is 4.98 Å². The Balaban J connectivity index is 1.38. The van der Waals surface area contributed by atoms with Crippen molar-refractivity contribution in [1.82, 2.24) is 19.9 Å². The van der Waals surface area contributed by atoms with Crippen molar-refractivity contribution in [2.45, 2.75) is 55.9 Å². The zero-order valence-corrected chi connectivity index (χ0v) is 20.6. The highest BCUT2D eigenvalue weighted by molar-refractivity contribution is 7.91. The summed E-state index contributed by atoms with van der Waals surface area (Å²) in [7, 11) is -3.50. The molecule has 2 aliphatic heterocycles. The number of carbonyl (C=O) groups is 1. The molecule has 0 spiro atoms. The summed E-state index contributed by atoms with van der Waals surface area (Å²) in [5, 5.41) is 3.14. The van der Waals surface area contributed by atoms with E-state index in [-0.39, 0.29) is 23.1 Å². The van der Waals surface area contributed by atoms with E-state index in [0.29, 0.717) is 37.1 Å². The summed E-state index contributed by atoms with van der Waals surface area (Å²) in [4.78, 5) is 31.5. The predicted molar refractivity (Wildman–Crippen MR) is 130 cm³/mol. The normalized spacial score (nSPS) is 19.1. The first-order valence-electron chi connectivity index (χ1n) is 11.7. The van der Waals surface area contributed by atoms with Gasteiger partial charge in [-0.05, 0) is 50.2 Å². The lowest BCUT2D eigenvalue weighted by atomic mass is 10.1. The minimum Gasteiger partial charge on any atom is -0.447 e. The molecule has 0 unspecified atom stereocenters. The molecule has 1 saturated carbocycles. The molecule has 1 fully saturated rings. The Morgan fingerprint density at radius 3 is 2.60 bits per heavy atom. The van der Waals surface area contributed by atoms with Gasteiger partial charge in [-0.1, -0.05) is 6.08 Å². The van der Waals surface area contributed by atoms with Crippen molar-refractivity contribution in [2.24, 2.45) is 5.73 Å². The fraction of sp³-hybridized carbons (Fsp3) is 0.522. The van der Waals surface area contributed by atoms with Crippen LogP contribution in [0, 0.1) is 0 Å². The lowest BCUT2D eigenvalue weighted by Crippen LogP contribution is -2.39. The number of carbonyl (C=O) groups excluding carboxylic acids is 1. The molecule has 3 N–H and O–H groups in total. The summed E-state index contributed by atoms with van der Waals surface area (Å²) in [5.74, 6) is 2.03. The molecule has 1 aliphatic carbocycles. The van der Waals surface area contributed by atoms with Gasteiger partial charge in [0.25, 0.3) is 0 Å². The van der Waals surface area contributed by atoms with Crippen molar-refractivity contribution < 1.29 is 17.9 Å². The maximum Gasteiger partial charge on any atom is 0.404 e. The average Bonchev–Trinajstić information content (AvgIpc) is 3.62. The first-order valence-corrected chi connectivity index (χ1v) is 13.4. The number of nitrogens with two attached hydrogens (primary N) is 1. The number of anilines is 2. The first kappa shape index (κ1) is 23.5. The second kappa shape index (κ2) is 8.74. The van der Waals surface area contributed by atoms with Crippen LogP contribution in [-0.2, 0) is 21.0 Å². The van der Waals surface area contributed by atoms with E-state index in [1.165, 1.54) is 18.4 Å². The van der Waals surface area contributed by atoms with E-state index in [0.717, 1.165) is 17.8 Å². The number of hydrogen-bond donors (Lipinski definition) is 2. The number of nitrogens with one attached hydrogen (secondary N) is 1. The van der Waals surface area contributed by atoms with Gasteiger partial charge in [-0.3, -0.25) is 0 Å². The molecule has 0 atom stereocenters.